The first-order valence-electron chi connectivity index (χ1n) is 5.62. The van der Waals surface area contributed by atoms with Crippen LogP contribution in [-0.4, -0.2) is 18.0 Å². The second-order valence-corrected chi connectivity index (χ2v) is 4.69. The molecule has 1 saturated heterocycles. The Kier molecular flexibility index (Phi) is 3.48. The van der Waals surface area contributed by atoms with E-state index in [1.54, 1.807) is 0 Å². The molecule has 1 atom stereocenters. The van der Waals surface area contributed by atoms with Gasteiger partial charge in [0.25, 0.3) is 0 Å². The number of hydrogen-bond acceptors (Lipinski definition) is 2. The molecule has 1 heterocycles. The van der Waals surface area contributed by atoms with Crippen LogP contribution in [0.15, 0.2) is 18.2 Å². The van der Waals surface area contributed by atoms with Crippen LogP contribution >= 0.6 is 11.6 Å². The average molecular weight is 235 g/mol. The zero-order valence-electron chi connectivity index (χ0n) is 9.41. The van der Waals surface area contributed by atoms with Crippen LogP contribution in [0.1, 0.15) is 30.0 Å². The smallest absolute Gasteiger partial charge is 0.123 e. The van der Waals surface area contributed by atoms with Crippen LogP contribution in [0.2, 0.25) is 5.02 Å². The topological polar surface area (TPSA) is 27.0 Å². The molecule has 0 amide bonds. The summed E-state index contributed by atoms with van der Waals surface area (Å²) in [7, 11) is 0. The molecule has 1 unspecified atom stereocenters. The SMILES string of the molecule is Cc1ccc(C(C#N)N2CCCC2)cc1Cl. The average Bonchev–Trinajstić information content (AvgIpc) is 2.78. The van der Waals surface area contributed by atoms with Crippen LogP contribution in [0.3, 0.4) is 0 Å². The Morgan fingerprint density at radius 3 is 2.62 bits per heavy atom. The van der Waals surface area contributed by atoms with Gasteiger partial charge in [-0.15, -0.1) is 0 Å². The molecule has 84 valence electrons. The van der Waals surface area contributed by atoms with E-state index in [1.807, 2.05) is 25.1 Å². The van der Waals surface area contributed by atoms with Crippen LogP contribution in [0.5, 0.6) is 0 Å². The van der Waals surface area contributed by atoms with E-state index in [1.165, 1.54) is 12.8 Å². The van der Waals surface area contributed by atoms with Crippen molar-refractivity contribution in [1.82, 2.24) is 4.90 Å². The molecule has 1 aromatic rings. The van der Waals surface area contributed by atoms with Crippen molar-refractivity contribution in [3.05, 3.63) is 34.3 Å². The molecule has 2 rings (SSSR count). The van der Waals surface area contributed by atoms with Gasteiger partial charge in [-0.2, -0.15) is 5.26 Å². The summed E-state index contributed by atoms with van der Waals surface area (Å²) in [5.41, 5.74) is 2.07. The highest BCUT2D eigenvalue weighted by atomic mass is 35.5. The molecule has 3 heteroatoms. The van der Waals surface area contributed by atoms with Gasteiger partial charge in [-0.05, 0) is 50.0 Å². The summed E-state index contributed by atoms with van der Waals surface area (Å²) in [4.78, 5) is 2.22. The fourth-order valence-electron chi connectivity index (χ4n) is 2.15. The number of nitrogens with zero attached hydrogens (tertiary/aromatic N) is 2. The van der Waals surface area contributed by atoms with Gasteiger partial charge in [0.05, 0.1) is 6.07 Å². The van der Waals surface area contributed by atoms with Crippen molar-refractivity contribution in [3.63, 3.8) is 0 Å². The fourth-order valence-corrected chi connectivity index (χ4v) is 2.33. The van der Waals surface area contributed by atoms with Crippen molar-refractivity contribution >= 4 is 11.6 Å². The zero-order valence-corrected chi connectivity index (χ0v) is 10.2. The maximum absolute atomic E-state index is 9.27. The van der Waals surface area contributed by atoms with Gasteiger partial charge in [-0.25, -0.2) is 0 Å². The lowest BCUT2D eigenvalue weighted by Gasteiger charge is -2.21. The number of rotatable bonds is 2. The number of likely N-dealkylation sites (tertiary alicyclic amines) is 1. The second-order valence-electron chi connectivity index (χ2n) is 4.28. The van der Waals surface area contributed by atoms with Gasteiger partial charge in [-0.3, -0.25) is 4.90 Å². The van der Waals surface area contributed by atoms with Gasteiger partial charge in [0.2, 0.25) is 0 Å². The minimum Gasteiger partial charge on any atom is -0.284 e. The third-order valence-corrected chi connectivity index (χ3v) is 3.55. The number of nitriles is 1. The highest BCUT2D eigenvalue weighted by molar-refractivity contribution is 6.31. The van der Waals surface area contributed by atoms with Gasteiger partial charge in [0.1, 0.15) is 6.04 Å². The summed E-state index contributed by atoms with van der Waals surface area (Å²) in [6, 6.07) is 8.15. The van der Waals surface area contributed by atoms with Crippen molar-refractivity contribution in [2.75, 3.05) is 13.1 Å². The number of halogens is 1. The highest BCUT2D eigenvalue weighted by Crippen LogP contribution is 2.27. The third kappa shape index (κ3) is 2.21. The van der Waals surface area contributed by atoms with Crippen molar-refractivity contribution in [2.24, 2.45) is 0 Å². The zero-order chi connectivity index (χ0) is 11.5. The van der Waals surface area contributed by atoms with Crippen LogP contribution in [0.4, 0.5) is 0 Å². The molecular formula is C13H15ClN2. The van der Waals surface area contributed by atoms with E-state index in [-0.39, 0.29) is 6.04 Å². The second kappa shape index (κ2) is 4.86. The molecule has 1 aliphatic heterocycles. The van der Waals surface area contributed by atoms with E-state index < -0.39 is 0 Å². The summed E-state index contributed by atoms with van der Waals surface area (Å²) in [5, 5.41) is 10.0. The Hall–Kier alpha value is -1.04. The van der Waals surface area contributed by atoms with Gasteiger partial charge >= 0.3 is 0 Å². The lowest BCUT2D eigenvalue weighted by atomic mass is 10.1. The minimum absolute atomic E-state index is 0.138. The third-order valence-electron chi connectivity index (χ3n) is 3.14. The number of benzene rings is 1. The largest absolute Gasteiger partial charge is 0.284 e. The summed E-state index contributed by atoms with van der Waals surface area (Å²) < 4.78 is 0. The minimum atomic E-state index is -0.138. The molecule has 2 nitrogen and oxygen atoms in total. The molecule has 0 N–H and O–H groups in total. The molecule has 16 heavy (non-hydrogen) atoms. The Balaban J connectivity index is 2.26. The summed E-state index contributed by atoms with van der Waals surface area (Å²) in [6.07, 6.45) is 2.38. The fraction of sp³-hybridized carbons (Fsp3) is 0.462. The van der Waals surface area contributed by atoms with Crippen molar-refractivity contribution < 1.29 is 0 Å². The maximum Gasteiger partial charge on any atom is 0.123 e. The first-order chi connectivity index (χ1) is 7.72. The quantitative estimate of drug-likeness (QED) is 0.785. The van der Waals surface area contributed by atoms with Gasteiger partial charge in [-0.1, -0.05) is 23.7 Å². The lowest BCUT2D eigenvalue weighted by molar-refractivity contribution is 0.294. The maximum atomic E-state index is 9.27. The van der Waals surface area contributed by atoms with Gasteiger partial charge in [0, 0.05) is 5.02 Å². The van der Waals surface area contributed by atoms with E-state index in [9.17, 15) is 5.26 Å². The number of hydrogen-bond donors (Lipinski definition) is 0. The van der Waals surface area contributed by atoms with Crippen LogP contribution < -0.4 is 0 Å². The van der Waals surface area contributed by atoms with E-state index in [0.29, 0.717) is 0 Å². The molecular weight excluding hydrogens is 220 g/mol. The predicted octanol–water partition coefficient (Wildman–Crippen LogP) is 3.31. The Morgan fingerprint density at radius 2 is 2.06 bits per heavy atom. The molecule has 0 aromatic heterocycles. The first-order valence-corrected chi connectivity index (χ1v) is 6.00. The standard InChI is InChI=1S/C13H15ClN2/c1-10-4-5-11(8-12(10)14)13(9-15)16-6-2-3-7-16/h4-5,8,13H,2-3,6-7H2,1H3. The molecule has 1 aromatic carbocycles. The van der Waals surface area contributed by atoms with Crippen molar-refractivity contribution in [2.45, 2.75) is 25.8 Å². The molecule has 1 aliphatic rings. The predicted molar refractivity (Wildman–Crippen MR) is 65.4 cm³/mol. The van der Waals surface area contributed by atoms with Gasteiger partial charge in [0.15, 0.2) is 0 Å². The summed E-state index contributed by atoms with van der Waals surface area (Å²) in [5.74, 6) is 0. The molecule has 0 radical (unpaired) electrons. The summed E-state index contributed by atoms with van der Waals surface area (Å²) in [6.45, 7) is 4.01. The normalized spacial score (nSPS) is 18.3. The Morgan fingerprint density at radius 1 is 1.38 bits per heavy atom. The lowest BCUT2D eigenvalue weighted by Crippen LogP contribution is -2.24. The highest BCUT2D eigenvalue weighted by Gasteiger charge is 2.23. The number of aryl methyl sites for hydroxylation is 1. The molecule has 1 fully saturated rings. The summed E-state index contributed by atoms with van der Waals surface area (Å²) >= 11 is 6.09. The van der Waals surface area contributed by atoms with Crippen LogP contribution in [0.25, 0.3) is 0 Å². The van der Waals surface area contributed by atoms with E-state index >= 15 is 0 Å². The van der Waals surface area contributed by atoms with Crippen molar-refractivity contribution in [3.8, 4) is 6.07 Å². The van der Waals surface area contributed by atoms with E-state index in [2.05, 4.69) is 11.0 Å². The molecule has 0 bridgehead atoms. The van der Waals surface area contributed by atoms with Gasteiger partial charge < -0.3 is 0 Å². The first kappa shape index (κ1) is 11.4. The van der Waals surface area contributed by atoms with E-state index in [4.69, 9.17) is 11.6 Å². The monoisotopic (exact) mass is 234 g/mol. The Labute approximate surface area is 101 Å². The van der Waals surface area contributed by atoms with E-state index in [0.717, 1.165) is 29.2 Å². The molecule has 0 saturated carbocycles. The van der Waals surface area contributed by atoms with Crippen molar-refractivity contribution in [1.29, 1.82) is 5.26 Å². The molecule has 0 spiro atoms. The van der Waals surface area contributed by atoms with Crippen LogP contribution in [0, 0.1) is 18.3 Å². The Bertz CT molecular complexity index is 416. The van der Waals surface area contributed by atoms with Crippen LogP contribution in [-0.2, 0) is 0 Å². The molecule has 0 aliphatic carbocycles.